The van der Waals surface area contributed by atoms with Gasteiger partial charge in [-0.15, -0.1) is 0 Å². The summed E-state index contributed by atoms with van der Waals surface area (Å²) >= 11 is 3.26. The van der Waals surface area contributed by atoms with E-state index in [2.05, 4.69) is 15.9 Å². The summed E-state index contributed by atoms with van der Waals surface area (Å²) in [6.07, 6.45) is 3.05. The maximum absolute atomic E-state index is 12.4. The average Bonchev–Trinajstić information content (AvgIpc) is 2.38. The monoisotopic (exact) mass is 312 g/mol. The third kappa shape index (κ3) is 2.67. The molecule has 1 aromatic rings. The van der Waals surface area contributed by atoms with Crippen LogP contribution in [0.5, 0.6) is 5.75 Å². The Morgan fingerprint density at radius 1 is 1.50 bits per heavy atom. The molecule has 1 aromatic carbocycles. The molecule has 98 valence electrons. The summed E-state index contributed by atoms with van der Waals surface area (Å²) < 4.78 is 0.755. The molecule has 1 atom stereocenters. The number of benzene rings is 1. The van der Waals surface area contributed by atoms with E-state index in [0.29, 0.717) is 12.1 Å². The van der Waals surface area contributed by atoms with Crippen LogP contribution in [-0.2, 0) is 0 Å². The van der Waals surface area contributed by atoms with Crippen LogP contribution in [0, 0.1) is 0 Å². The fourth-order valence-electron chi connectivity index (χ4n) is 2.35. The number of nitrogens with two attached hydrogens (primary N) is 1. The Morgan fingerprint density at radius 3 is 2.94 bits per heavy atom. The van der Waals surface area contributed by atoms with E-state index in [4.69, 9.17) is 5.73 Å². The molecule has 1 fully saturated rings. The number of phenols is 1. The van der Waals surface area contributed by atoms with Gasteiger partial charge in [-0.3, -0.25) is 4.79 Å². The molecule has 0 spiro atoms. The van der Waals surface area contributed by atoms with Gasteiger partial charge in [-0.25, -0.2) is 0 Å². The summed E-state index contributed by atoms with van der Waals surface area (Å²) in [6, 6.07) is 5.03. The van der Waals surface area contributed by atoms with Gasteiger partial charge in [-0.05, 0) is 37.5 Å². The molecule has 1 amide bonds. The zero-order valence-electron chi connectivity index (χ0n) is 10.1. The molecule has 2 rings (SSSR count). The van der Waals surface area contributed by atoms with E-state index < -0.39 is 0 Å². The number of amides is 1. The van der Waals surface area contributed by atoms with Gasteiger partial charge < -0.3 is 15.7 Å². The molecule has 0 aromatic heterocycles. The molecule has 0 bridgehead atoms. The Kier molecular flexibility index (Phi) is 4.24. The van der Waals surface area contributed by atoms with E-state index >= 15 is 0 Å². The summed E-state index contributed by atoms with van der Waals surface area (Å²) in [7, 11) is 0. The van der Waals surface area contributed by atoms with Gasteiger partial charge in [-0.1, -0.05) is 15.9 Å². The number of halogens is 1. The van der Waals surface area contributed by atoms with Crippen molar-refractivity contribution in [3.8, 4) is 5.75 Å². The Bertz CT molecular complexity index is 451. The van der Waals surface area contributed by atoms with Gasteiger partial charge in [0, 0.05) is 23.6 Å². The molecule has 1 heterocycles. The van der Waals surface area contributed by atoms with Crippen LogP contribution in [0.1, 0.15) is 29.6 Å². The molecule has 3 N–H and O–H groups in total. The molecule has 1 aliphatic heterocycles. The highest BCUT2D eigenvalue weighted by molar-refractivity contribution is 9.10. The normalized spacial score (nSPS) is 19.9. The molecule has 0 saturated carbocycles. The molecule has 0 aliphatic carbocycles. The lowest BCUT2D eigenvalue weighted by atomic mass is 10.0. The Hall–Kier alpha value is -1.07. The molecule has 4 nitrogen and oxygen atoms in total. The standard InChI is InChI=1S/C13H17BrN2O2/c14-9-4-5-11(12(17)7-9)13(18)16-6-2-1-3-10(16)8-15/h4-5,7,10,17H,1-3,6,8,15H2. The van der Waals surface area contributed by atoms with Crippen LogP contribution in [0.4, 0.5) is 0 Å². The fourth-order valence-corrected chi connectivity index (χ4v) is 2.70. The molecule has 1 unspecified atom stereocenters. The number of piperidine rings is 1. The highest BCUT2D eigenvalue weighted by Crippen LogP contribution is 2.26. The van der Waals surface area contributed by atoms with Crippen molar-refractivity contribution in [1.82, 2.24) is 4.90 Å². The van der Waals surface area contributed by atoms with Gasteiger partial charge in [0.1, 0.15) is 5.75 Å². The first kappa shape index (κ1) is 13.4. The first-order valence-corrected chi connectivity index (χ1v) is 6.92. The maximum Gasteiger partial charge on any atom is 0.257 e. The van der Waals surface area contributed by atoms with Crippen LogP contribution in [0.15, 0.2) is 22.7 Å². The van der Waals surface area contributed by atoms with E-state index in [1.165, 1.54) is 6.07 Å². The van der Waals surface area contributed by atoms with Crippen molar-refractivity contribution in [2.24, 2.45) is 5.73 Å². The van der Waals surface area contributed by atoms with Gasteiger partial charge in [0.05, 0.1) is 5.56 Å². The second-order valence-electron chi connectivity index (χ2n) is 4.55. The van der Waals surface area contributed by atoms with Crippen molar-refractivity contribution >= 4 is 21.8 Å². The first-order valence-electron chi connectivity index (χ1n) is 6.13. The van der Waals surface area contributed by atoms with Crippen LogP contribution in [0.2, 0.25) is 0 Å². The van der Waals surface area contributed by atoms with Crippen molar-refractivity contribution in [2.75, 3.05) is 13.1 Å². The van der Waals surface area contributed by atoms with E-state index in [1.807, 2.05) is 0 Å². The largest absolute Gasteiger partial charge is 0.507 e. The summed E-state index contributed by atoms with van der Waals surface area (Å²) in [5.74, 6) is -0.120. The van der Waals surface area contributed by atoms with Crippen LogP contribution in [-0.4, -0.2) is 35.0 Å². The van der Waals surface area contributed by atoms with Crippen molar-refractivity contribution in [2.45, 2.75) is 25.3 Å². The first-order chi connectivity index (χ1) is 8.63. The Balaban J connectivity index is 2.24. The minimum absolute atomic E-state index is 0.00993. The second-order valence-corrected chi connectivity index (χ2v) is 5.46. The van der Waals surface area contributed by atoms with E-state index in [0.717, 1.165) is 30.3 Å². The van der Waals surface area contributed by atoms with Crippen molar-refractivity contribution < 1.29 is 9.90 Å². The number of aromatic hydroxyl groups is 1. The molecule has 1 saturated heterocycles. The average molecular weight is 313 g/mol. The number of hydrogen-bond acceptors (Lipinski definition) is 3. The van der Waals surface area contributed by atoms with E-state index in [9.17, 15) is 9.90 Å². The van der Waals surface area contributed by atoms with Gasteiger partial charge in [0.25, 0.3) is 5.91 Å². The predicted octanol–water partition coefficient (Wildman–Crippen LogP) is 2.11. The van der Waals surface area contributed by atoms with Gasteiger partial charge in [0.2, 0.25) is 0 Å². The zero-order valence-corrected chi connectivity index (χ0v) is 11.7. The number of carbonyl (C=O) groups is 1. The predicted molar refractivity (Wildman–Crippen MR) is 73.5 cm³/mol. The van der Waals surface area contributed by atoms with Crippen LogP contribution >= 0.6 is 15.9 Å². The van der Waals surface area contributed by atoms with Crippen LogP contribution in [0.3, 0.4) is 0 Å². The van der Waals surface area contributed by atoms with Crippen molar-refractivity contribution in [3.05, 3.63) is 28.2 Å². The lowest BCUT2D eigenvalue weighted by molar-refractivity contribution is 0.0620. The highest BCUT2D eigenvalue weighted by atomic mass is 79.9. The highest BCUT2D eigenvalue weighted by Gasteiger charge is 2.27. The van der Waals surface area contributed by atoms with Gasteiger partial charge >= 0.3 is 0 Å². The van der Waals surface area contributed by atoms with Crippen molar-refractivity contribution in [3.63, 3.8) is 0 Å². The van der Waals surface area contributed by atoms with E-state index in [1.54, 1.807) is 17.0 Å². The molecular formula is C13H17BrN2O2. The lowest BCUT2D eigenvalue weighted by Crippen LogP contribution is -2.47. The molecule has 5 heteroatoms. The number of phenolic OH excluding ortho intramolecular Hbond substituents is 1. The summed E-state index contributed by atoms with van der Waals surface area (Å²) in [6.45, 7) is 1.19. The SMILES string of the molecule is NCC1CCCCN1C(=O)c1ccc(Br)cc1O. The van der Waals surface area contributed by atoms with Crippen molar-refractivity contribution in [1.29, 1.82) is 0 Å². The Labute approximate surface area is 115 Å². The van der Waals surface area contributed by atoms with Gasteiger partial charge in [-0.2, -0.15) is 0 Å². The zero-order chi connectivity index (χ0) is 13.1. The minimum atomic E-state index is -0.129. The fraction of sp³-hybridized carbons (Fsp3) is 0.462. The van der Waals surface area contributed by atoms with Crippen LogP contribution < -0.4 is 5.73 Å². The second kappa shape index (κ2) is 5.71. The number of rotatable bonds is 2. The molecule has 1 aliphatic rings. The number of hydrogen-bond donors (Lipinski definition) is 2. The number of likely N-dealkylation sites (tertiary alicyclic amines) is 1. The van der Waals surface area contributed by atoms with Crippen LogP contribution in [0.25, 0.3) is 0 Å². The molecule has 18 heavy (non-hydrogen) atoms. The Morgan fingerprint density at radius 2 is 2.28 bits per heavy atom. The minimum Gasteiger partial charge on any atom is -0.507 e. The third-order valence-electron chi connectivity index (χ3n) is 3.35. The maximum atomic E-state index is 12.4. The summed E-state index contributed by atoms with van der Waals surface area (Å²) in [5.41, 5.74) is 6.05. The lowest BCUT2D eigenvalue weighted by Gasteiger charge is -2.35. The molecular weight excluding hydrogens is 296 g/mol. The number of carbonyl (C=O) groups excluding carboxylic acids is 1. The smallest absolute Gasteiger partial charge is 0.257 e. The summed E-state index contributed by atoms with van der Waals surface area (Å²) in [4.78, 5) is 14.2. The quantitative estimate of drug-likeness (QED) is 0.879. The van der Waals surface area contributed by atoms with E-state index in [-0.39, 0.29) is 17.7 Å². The molecule has 0 radical (unpaired) electrons. The number of nitrogens with zero attached hydrogens (tertiary/aromatic N) is 1. The summed E-state index contributed by atoms with van der Waals surface area (Å²) in [5, 5.41) is 9.84. The third-order valence-corrected chi connectivity index (χ3v) is 3.84. The topological polar surface area (TPSA) is 66.6 Å². The van der Waals surface area contributed by atoms with Gasteiger partial charge in [0.15, 0.2) is 0 Å².